The van der Waals surface area contributed by atoms with Gasteiger partial charge in [-0.1, -0.05) is 43.2 Å². The Morgan fingerprint density at radius 2 is 1.70 bits per heavy atom. The van der Waals surface area contributed by atoms with E-state index in [0.29, 0.717) is 18.0 Å². The monoisotopic (exact) mass is 853 g/mol. The maximum Gasteiger partial charge on any atom is 0.408 e. The minimum Gasteiger partial charge on any atom is -0.444 e. The second-order valence-electron chi connectivity index (χ2n) is 17.1. The summed E-state index contributed by atoms with van der Waals surface area (Å²) in [6.07, 6.45) is 4.07. The van der Waals surface area contributed by atoms with Crippen LogP contribution in [0.5, 0.6) is 0 Å². The Labute approximate surface area is 346 Å². The Bertz CT molecular complexity index is 2470. The maximum absolute atomic E-state index is 13.4. The molecule has 2 fully saturated rings. The van der Waals surface area contributed by atoms with Crippen LogP contribution in [0.3, 0.4) is 0 Å². The van der Waals surface area contributed by atoms with Crippen LogP contribution < -0.4 is 15.8 Å². The molecule has 11 nitrogen and oxygen atoms in total. The van der Waals surface area contributed by atoms with Crippen molar-refractivity contribution >= 4 is 66.8 Å². The highest BCUT2D eigenvalue weighted by molar-refractivity contribution is 9.10. The first-order valence-electron chi connectivity index (χ1n) is 20.0. The molecule has 2 aliphatic rings. The fourth-order valence-corrected chi connectivity index (χ4v) is 9.85. The molecule has 57 heavy (non-hydrogen) atoms. The van der Waals surface area contributed by atoms with Crippen molar-refractivity contribution in [2.45, 2.75) is 90.5 Å². The number of halogens is 1. The number of piperazine rings is 1. The Kier molecular flexibility index (Phi) is 11.0. The number of hydrogen-bond donors (Lipinski definition) is 1. The van der Waals surface area contributed by atoms with Gasteiger partial charge in [0.2, 0.25) is 5.78 Å². The normalized spacial score (nSPS) is 16.6. The van der Waals surface area contributed by atoms with Crippen molar-refractivity contribution in [3.8, 4) is 10.4 Å². The summed E-state index contributed by atoms with van der Waals surface area (Å²) in [7, 11) is 0. The van der Waals surface area contributed by atoms with E-state index in [4.69, 9.17) is 14.5 Å². The first-order valence-corrected chi connectivity index (χ1v) is 21.7. The van der Waals surface area contributed by atoms with Crippen molar-refractivity contribution in [1.29, 1.82) is 0 Å². The van der Waals surface area contributed by atoms with E-state index in [0.717, 1.165) is 94.1 Å². The zero-order valence-electron chi connectivity index (χ0n) is 33.7. The van der Waals surface area contributed by atoms with Gasteiger partial charge in [-0.05, 0) is 112 Å². The number of nitrogens with zero attached hydrogens (tertiary/aromatic N) is 6. The van der Waals surface area contributed by atoms with Gasteiger partial charge in [-0.25, -0.2) is 9.78 Å². The number of amides is 1. The number of fused-ring (bicyclic) bond motifs is 5. The minimum absolute atomic E-state index is 0.200. The molecule has 300 valence electrons. The van der Waals surface area contributed by atoms with Crippen LogP contribution in [0.1, 0.15) is 83.6 Å². The third-order valence-electron chi connectivity index (χ3n) is 11.2. The molecule has 0 spiro atoms. The molecule has 1 aliphatic carbocycles. The SMILES string of the molecule is Cc1ncsc1-c1ccc([C@H](COC(C)(C)CN2CCN(c3ccc4c(c3)n(C3CCCC3)c3nc(=O)c5c(Br)cccc5n43)CC2)NC(=O)OC(C)(C)C)cc1. The summed E-state index contributed by atoms with van der Waals surface area (Å²) in [5.41, 5.74) is 7.87. The number of carbonyl (C=O) groups is 1. The standard InChI is InChI=1S/C44H52BrN7O4S/c1-28-39(57-27-46-28)30-16-14-29(15-17-30)34(47-42(54)56-43(2,3)4)25-55-44(5,6)26-49-20-22-50(23-21-49)32-18-19-35-37(24-32)51(31-10-7-8-11-31)41-48-40(53)38-33(45)12-9-13-36(38)52(35)41/h9,12-19,24,27,31,34H,7-8,10-11,20-23,25-26H2,1-6H3,(H,47,54)/t34-/m0/s1. The molecular formula is C44H52BrN7O4S. The predicted molar refractivity (Wildman–Crippen MR) is 233 cm³/mol. The Hall–Kier alpha value is -4.30. The summed E-state index contributed by atoms with van der Waals surface area (Å²) in [6, 6.07) is 20.8. The largest absolute Gasteiger partial charge is 0.444 e. The molecule has 1 amide bonds. The second kappa shape index (κ2) is 15.8. The molecule has 4 heterocycles. The number of ether oxygens (including phenoxy) is 2. The molecule has 13 heteroatoms. The lowest BCUT2D eigenvalue weighted by Gasteiger charge is -2.40. The summed E-state index contributed by atoms with van der Waals surface area (Å²) in [5.74, 6) is 0.725. The zero-order chi connectivity index (χ0) is 40.1. The number of nitrogens with one attached hydrogen (secondary N) is 1. The number of thiazole rings is 1. The first-order chi connectivity index (χ1) is 27.2. The van der Waals surface area contributed by atoms with E-state index in [1.54, 1.807) is 11.3 Å². The molecular weight excluding hydrogens is 802 g/mol. The van der Waals surface area contributed by atoms with Crippen LogP contribution in [0.4, 0.5) is 10.5 Å². The summed E-state index contributed by atoms with van der Waals surface area (Å²) in [6.45, 7) is 16.4. The molecule has 1 atom stereocenters. The second-order valence-corrected chi connectivity index (χ2v) is 18.8. The molecule has 8 rings (SSSR count). The maximum atomic E-state index is 13.4. The predicted octanol–water partition coefficient (Wildman–Crippen LogP) is 9.30. The van der Waals surface area contributed by atoms with Gasteiger partial charge in [0.15, 0.2) is 0 Å². The quantitative estimate of drug-likeness (QED) is 0.146. The molecule has 1 saturated carbocycles. The lowest BCUT2D eigenvalue weighted by Crippen LogP contribution is -2.51. The average molecular weight is 855 g/mol. The van der Waals surface area contributed by atoms with E-state index in [1.807, 2.05) is 63.5 Å². The number of benzene rings is 3. The molecule has 0 bridgehead atoms. The van der Waals surface area contributed by atoms with Gasteiger partial charge in [-0.2, -0.15) is 4.98 Å². The molecule has 3 aromatic heterocycles. The summed E-state index contributed by atoms with van der Waals surface area (Å²) >= 11 is 5.23. The topological polar surface area (TPSA) is 106 Å². The number of hydrogen-bond acceptors (Lipinski definition) is 9. The van der Waals surface area contributed by atoms with E-state index in [1.165, 1.54) is 18.5 Å². The van der Waals surface area contributed by atoms with Crippen LogP contribution in [0.2, 0.25) is 0 Å². The lowest BCUT2D eigenvalue weighted by molar-refractivity contribution is -0.0507. The number of imidazole rings is 1. The number of aromatic nitrogens is 4. The van der Waals surface area contributed by atoms with Crippen LogP contribution in [0.15, 0.2) is 75.4 Å². The molecule has 0 radical (unpaired) electrons. The number of rotatable bonds is 10. The van der Waals surface area contributed by atoms with Crippen molar-refractivity contribution in [2.75, 3.05) is 44.2 Å². The Morgan fingerprint density at radius 1 is 0.965 bits per heavy atom. The van der Waals surface area contributed by atoms with Crippen LogP contribution in [0.25, 0.3) is 38.2 Å². The van der Waals surface area contributed by atoms with E-state index < -0.39 is 23.3 Å². The third-order valence-corrected chi connectivity index (χ3v) is 12.8. The van der Waals surface area contributed by atoms with Crippen molar-refractivity contribution in [3.05, 3.63) is 92.3 Å². The van der Waals surface area contributed by atoms with Gasteiger partial charge in [-0.15, -0.1) is 11.3 Å². The van der Waals surface area contributed by atoms with Gasteiger partial charge in [0.05, 0.1) is 56.3 Å². The van der Waals surface area contributed by atoms with Gasteiger partial charge in [0.25, 0.3) is 5.56 Å². The molecule has 1 N–H and O–H groups in total. The van der Waals surface area contributed by atoms with Gasteiger partial charge in [0.1, 0.15) is 5.60 Å². The highest BCUT2D eigenvalue weighted by Gasteiger charge is 2.30. The van der Waals surface area contributed by atoms with Crippen molar-refractivity contribution in [2.24, 2.45) is 0 Å². The highest BCUT2D eigenvalue weighted by Crippen LogP contribution is 2.38. The molecule has 0 unspecified atom stereocenters. The van der Waals surface area contributed by atoms with Crippen LogP contribution in [-0.2, 0) is 9.47 Å². The number of aryl methyl sites for hydroxylation is 1. The van der Waals surface area contributed by atoms with Crippen LogP contribution >= 0.6 is 27.3 Å². The Morgan fingerprint density at radius 3 is 2.39 bits per heavy atom. The van der Waals surface area contributed by atoms with E-state index in [9.17, 15) is 9.59 Å². The van der Waals surface area contributed by atoms with Crippen molar-refractivity contribution < 1.29 is 14.3 Å². The number of carbonyl (C=O) groups excluding carboxylic acids is 1. The number of alkyl carbamates (subject to hydrolysis) is 1. The van der Waals surface area contributed by atoms with Gasteiger partial charge >= 0.3 is 6.09 Å². The Balaban J connectivity index is 0.965. The molecule has 1 saturated heterocycles. The molecule has 6 aromatic rings. The summed E-state index contributed by atoms with van der Waals surface area (Å²) < 4.78 is 17.5. The zero-order valence-corrected chi connectivity index (χ0v) is 36.1. The first kappa shape index (κ1) is 39.5. The third kappa shape index (κ3) is 8.35. The average Bonchev–Trinajstić information content (AvgIpc) is 3.92. The van der Waals surface area contributed by atoms with Crippen LogP contribution in [-0.4, -0.2) is 80.5 Å². The smallest absolute Gasteiger partial charge is 0.408 e. The summed E-state index contributed by atoms with van der Waals surface area (Å²) in [5, 5.41) is 3.68. The summed E-state index contributed by atoms with van der Waals surface area (Å²) in [4.78, 5) is 41.5. The number of anilines is 1. The lowest BCUT2D eigenvalue weighted by atomic mass is 10.0. The molecule has 3 aromatic carbocycles. The van der Waals surface area contributed by atoms with E-state index in [-0.39, 0.29) is 5.56 Å². The van der Waals surface area contributed by atoms with E-state index >= 15 is 0 Å². The van der Waals surface area contributed by atoms with Gasteiger partial charge in [-0.3, -0.25) is 14.1 Å². The van der Waals surface area contributed by atoms with Crippen LogP contribution in [0, 0.1) is 6.92 Å². The van der Waals surface area contributed by atoms with Gasteiger partial charge < -0.3 is 24.3 Å². The highest BCUT2D eigenvalue weighted by atomic mass is 79.9. The fraction of sp³-hybridized carbons (Fsp3) is 0.455. The minimum atomic E-state index is -0.616. The fourth-order valence-electron chi connectivity index (χ4n) is 8.51. The van der Waals surface area contributed by atoms with Crippen molar-refractivity contribution in [3.63, 3.8) is 0 Å². The van der Waals surface area contributed by atoms with E-state index in [2.05, 4.69) is 89.2 Å². The van der Waals surface area contributed by atoms with Gasteiger partial charge in [0, 0.05) is 48.9 Å². The molecule has 1 aliphatic heterocycles. The van der Waals surface area contributed by atoms with Crippen molar-refractivity contribution in [1.82, 2.24) is 29.2 Å².